The van der Waals surface area contributed by atoms with E-state index < -0.39 is 27.6 Å². The third-order valence-electron chi connectivity index (χ3n) is 3.47. The van der Waals surface area contributed by atoms with Gasteiger partial charge in [0, 0.05) is 20.2 Å². The number of carbonyl (C=O) groups excluding carboxylic acids is 1. The second-order valence-electron chi connectivity index (χ2n) is 5.71. The first-order valence-corrected chi connectivity index (χ1v) is 10.2. The van der Waals surface area contributed by atoms with E-state index in [0.29, 0.717) is 6.07 Å². The first-order valence-electron chi connectivity index (χ1n) is 7.72. The molecule has 0 aliphatic rings. The zero-order valence-electron chi connectivity index (χ0n) is 14.7. The van der Waals surface area contributed by atoms with Crippen molar-refractivity contribution in [2.24, 2.45) is 0 Å². The monoisotopic (exact) mass is 462 g/mol. The van der Waals surface area contributed by atoms with E-state index in [1.54, 1.807) is 0 Å². The predicted molar refractivity (Wildman–Crippen MR) is 102 cm³/mol. The van der Waals surface area contributed by atoms with Crippen molar-refractivity contribution in [3.63, 3.8) is 0 Å². The quantitative estimate of drug-likeness (QED) is 0.704. The molecule has 1 amide bonds. The molecule has 2 rings (SSSR count). The van der Waals surface area contributed by atoms with Crippen LogP contribution in [0.1, 0.15) is 17.3 Å². The van der Waals surface area contributed by atoms with Crippen molar-refractivity contribution in [2.75, 3.05) is 24.6 Å². The van der Waals surface area contributed by atoms with Gasteiger partial charge < -0.3 is 9.64 Å². The molecule has 0 atom stereocenters. The normalized spacial score (nSPS) is 11.2. The van der Waals surface area contributed by atoms with Crippen LogP contribution in [0.5, 0.6) is 11.5 Å². The summed E-state index contributed by atoms with van der Waals surface area (Å²) in [6, 6.07) is 5.43. The Bertz CT molecular complexity index is 981. The molecule has 0 unspecified atom stereocenters. The molecular weight excluding hydrogens is 446 g/mol. The summed E-state index contributed by atoms with van der Waals surface area (Å²) >= 11 is 3.21. The maximum Gasteiger partial charge on any atom is 0.255 e. The lowest BCUT2D eigenvalue weighted by atomic mass is 10.1. The number of halogens is 3. The van der Waals surface area contributed by atoms with Crippen LogP contribution in [-0.2, 0) is 10.0 Å². The fourth-order valence-corrected chi connectivity index (χ4v) is 3.12. The molecular formula is C17H17BrF2N2O4S. The number of sulfonamides is 1. The molecule has 0 saturated carbocycles. The van der Waals surface area contributed by atoms with Gasteiger partial charge in [0.25, 0.3) is 5.91 Å². The number of hydrogen-bond donors (Lipinski definition) is 1. The summed E-state index contributed by atoms with van der Waals surface area (Å²) in [6.45, 7) is 1.46. The molecule has 0 aromatic heterocycles. The van der Waals surface area contributed by atoms with Gasteiger partial charge in [-0.05, 0) is 47.1 Å². The third kappa shape index (κ3) is 5.16. The van der Waals surface area contributed by atoms with Crippen molar-refractivity contribution in [3.05, 3.63) is 52.0 Å². The summed E-state index contributed by atoms with van der Waals surface area (Å²) in [7, 11) is -0.633. The zero-order valence-corrected chi connectivity index (χ0v) is 17.1. The third-order valence-corrected chi connectivity index (χ3v) is 5.38. The molecule has 0 saturated heterocycles. The molecule has 146 valence electrons. The van der Waals surface area contributed by atoms with Gasteiger partial charge in [0.2, 0.25) is 10.0 Å². The Morgan fingerprint density at radius 1 is 1.19 bits per heavy atom. The van der Waals surface area contributed by atoms with Crippen molar-refractivity contribution in [1.29, 1.82) is 0 Å². The van der Waals surface area contributed by atoms with Crippen LogP contribution in [0.15, 0.2) is 34.8 Å². The number of rotatable bonds is 6. The van der Waals surface area contributed by atoms with Crippen LogP contribution in [0.2, 0.25) is 0 Å². The standard InChI is InChI=1S/C17H17BrF2N2O4S/c1-4-27(24,25)21-14-9-12(18)16(8-11(14)17(23)22(2)3)26-15-6-5-10(19)7-13(15)20/h5-9,21H,4H2,1-3H3. The maximum absolute atomic E-state index is 13.9. The molecule has 27 heavy (non-hydrogen) atoms. The molecule has 0 aliphatic carbocycles. The van der Waals surface area contributed by atoms with Crippen molar-refractivity contribution in [1.82, 2.24) is 4.90 Å². The highest BCUT2D eigenvalue weighted by molar-refractivity contribution is 9.10. The molecule has 6 nitrogen and oxygen atoms in total. The van der Waals surface area contributed by atoms with Gasteiger partial charge in [0.05, 0.1) is 21.5 Å². The van der Waals surface area contributed by atoms with E-state index in [-0.39, 0.29) is 33.0 Å². The van der Waals surface area contributed by atoms with Crippen LogP contribution in [0.3, 0.4) is 0 Å². The predicted octanol–water partition coefficient (Wildman–Crippen LogP) is 3.98. The van der Waals surface area contributed by atoms with Gasteiger partial charge in [-0.25, -0.2) is 17.2 Å². The number of nitrogens with zero attached hydrogens (tertiary/aromatic N) is 1. The largest absolute Gasteiger partial charge is 0.453 e. The van der Waals surface area contributed by atoms with E-state index >= 15 is 0 Å². The molecule has 10 heteroatoms. The van der Waals surface area contributed by atoms with Crippen LogP contribution in [0, 0.1) is 11.6 Å². The van der Waals surface area contributed by atoms with Crippen molar-refractivity contribution >= 4 is 37.5 Å². The molecule has 2 aromatic rings. The summed E-state index contributed by atoms with van der Waals surface area (Å²) in [4.78, 5) is 13.7. The first-order chi connectivity index (χ1) is 12.5. The topological polar surface area (TPSA) is 75.7 Å². The number of ether oxygens (including phenoxy) is 1. The van der Waals surface area contributed by atoms with E-state index in [4.69, 9.17) is 4.74 Å². The lowest BCUT2D eigenvalue weighted by Crippen LogP contribution is -2.24. The summed E-state index contributed by atoms with van der Waals surface area (Å²) in [5.41, 5.74) is 0.0621. The van der Waals surface area contributed by atoms with Crippen LogP contribution < -0.4 is 9.46 Å². The summed E-state index contributed by atoms with van der Waals surface area (Å²) < 4.78 is 58.8. The Balaban J connectivity index is 2.53. The minimum atomic E-state index is -3.64. The Hall–Kier alpha value is -2.20. The Morgan fingerprint density at radius 3 is 2.41 bits per heavy atom. The smallest absolute Gasteiger partial charge is 0.255 e. The Kier molecular flexibility index (Phi) is 6.42. The van der Waals surface area contributed by atoms with E-state index in [9.17, 15) is 22.0 Å². The summed E-state index contributed by atoms with van der Waals surface area (Å²) in [5.74, 6) is -2.53. The maximum atomic E-state index is 13.9. The van der Waals surface area contributed by atoms with Gasteiger partial charge in [-0.15, -0.1) is 0 Å². The lowest BCUT2D eigenvalue weighted by Gasteiger charge is -2.18. The van der Waals surface area contributed by atoms with Gasteiger partial charge in [0.15, 0.2) is 11.6 Å². The van der Waals surface area contributed by atoms with Gasteiger partial charge in [0.1, 0.15) is 11.6 Å². The molecule has 0 heterocycles. The second-order valence-corrected chi connectivity index (χ2v) is 8.58. The van der Waals surface area contributed by atoms with Crippen LogP contribution in [0.25, 0.3) is 0 Å². The number of nitrogens with one attached hydrogen (secondary N) is 1. The molecule has 0 radical (unpaired) electrons. The number of carbonyl (C=O) groups is 1. The Morgan fingerprint density at radius 2 is 1.85 bits per heavy atom. The Labute approximate surface area is 164 Å². The average molecular weight is 463 g/mol. The highest BCUT2D eigenvalue weighted by Gasteiger charge is 2.21. The van der Waals surface area contributed by atoms with Gasteiger partial charge in [-0.1, -0.05) is 0 Å². The highest BCUT2D eigenvalue weighted by atomic mass is 79.9. The van der Waals surface area contributed by atoms with Crippen molar-refractivity contribution in [2.45, 2.75) is 6.92 Å². The SMILES string of the molecule is CCS(=O)(=O)Nc1cc(Br)c(Oc2ccc(F)cc2F)cc1C(=O)N(C)C. The summed E-state index contributed by atoms with van der Waals surface area (Å²) in [5, 5.41) is 0. The zero-order chi connectivity index (χ0) is 20.4. The minimum absolute atomic E-state index is 0.0118. The number of anilines is 1. The van der Waals surface area contributed by atoms with Crippen molar-refractivity contribution < 1.29 is 26.7 Å². The van der Waals surface area contributed by atoms with E-state index in [1.807, 2.05) is 0 Å². The molecule has 2 aromatic carbocycles. The molecule has 0 aliphatic heterocycles. The highest BCUT2D eigenvalue weighted by Crippen LogP contribution is 2.36. The van der Waals surface area contributed by atoms with Gasteiger partial charge in [-0.2, -0.15) is 0 Å². The fourth-order valence-electron chi connectivity index (χ4n) is 2.05. The van der Waals surface area contributed by atoms with Crippen LogP contribution in [-0.4, -0.2) is 39.1 Å². The minimum Gasteiger partial charge on any atom is -0.453 e. The second kappa shape index (κ2) is 8.22. The van der Waals surface area contributed by atoms with Crippen LogP contribution >= 0.6 is 15.9 Å². The van der Waals surface area contributed by atoms with E-state index in [0.717, 1.165) is 12.1 Å². The molecule has 0 spiro atoms. The van der Waals surface area contributed by atoms with Gasteiger partial charge >= 0.3 is 0 Å². The van der Waals surface area contributed by atoms with E-state index in [2.05, 4.69) is 20.7 Å². The average Bonchev–Trinajstić information content (AvgIpc) is 2.58. The molecule has 0 fully saturated rings. The van der Waals surface area contributed by atoms with Gasteiger partial charge in [-0.3, -0.25) is 9.52 Å². The van der Waals surface area contributed by atoms with E-state index in [1.165, 1.54) is 38.1 Å². The lowest BCUT2D eigenvalue weighted by molar-refractivity contribution is 0.0828. The molecule has 1 N–H and O–H groups in total. The fraction of sp³-hybridized carbons (Fsp3) is 0.235. The first kappa shape index (κ1) is 21.1. The number of amides is 1. The number of benzene rings is 2. The van der Waals surface area contributed by atoms with Crippen molar-refractivity contribution in [3.8, 4) is 11.5 Å². The summed E-state index contributed by atoms with van der Waals surface area (Å²) in [6.07, 6.45) is 0. The molecule has 0 bridgehead atoms. The number of hydrogen-bond acceptors (Lipinski definition) is 4. The van der Waals surface area contributed by atoms with Crippen LogP contribution in [0.4, 0.5) is 14.5 Å².